The number of amides is 1. The molecular weight excluding hydrogens is 252 g/mol. The second kappa shape index (κ2) is 6.66. The molecule has 0 saturated carbocycles. The predicted molar refractivity (Wildman–Crippen MR) is 78.3 cm³/mol. The highest BCUT2D eigenvalue weighted by Crippen LogP contribution is 2.10. The SMILES string of the molecule is Cc1ccccc1CN(C)CC(=O)N1CCC(=O)CC1. The van der Waals surface area contributed by atoms with E-state index < -0.39 is 0 Å². The molecule has 0 aliphatic carbocycles. The number of likely N-dealkylation sites (tertiary alicyclic amines) is 1. The summed E-state index contributed by atoms with van der Waals surface area (Å²) in [6.45, 7) is 4.42. The quantitative estimate of drug-likeness (QED) is 0.837. The first-order valence-electron chi connectivity index (χ1n) is 7.09. The van der Waals surface area contributed by atoms with Gasteiger partial charge >= 0.3 is 0 Å². The molecule has 20 heavy (non-hydrogen) atoms. The second-order valence-corrected chi connectivity index (χ2v) is 5.52. The Bertz CT molecular complexity index is 489. The van der Waals surface area contributed by atoms with Gasteiger partial charge in [0.2, 0.25) is 5.91 Å². The maximum absolute atomic E-state index is 12.2. The molecule has 1 aromatic carbocycles. The van der Waals surface area contributed by atoms with E-state index >= 15 is 0 Å². The van der Waals surface area contributed by atoms with Crippen LogP contribution in [0.25, 0.3) is 0 Å². The molecule has 0 spiro atoms. The lowest BCUT2D eigenvalue weighted by atomic mass is 10.1. The number of likely N-dealkylation sites (N-methyl/N-ethyl adjacent to an activating group) is 1. The summed E-state index contributed by atoms with van der Waals surface area (Å²) < 4.78 is 0. The first-order chi connectivity index (χ1) is 9.56. The average molecular weight is 274 g/mol. The lowest BCUT2D eigenvalue weighted by Crippen LogP contribution is -2.43. The van der Waals surface area contributed by atoms with Crippen molar-refractivity contribution in [2.75, 3.05) is 26.7 Å². The van der Waals surface area contributed by atoms with Crippen LogP contribution in [0.3, 0.4) is 0 Å². The maximum atomic E-state index is 12.2. The fourth-order valence-corrected chi connectivity index (χ4v) is 2.47. The summed E-state index contributed by atoms with van der Waals surface area (Å²) in [5.74, 6) is 0.385. The highest BCUT2D eigenvalue weighted by atomic mass is 16.2. The zero-order valence-corrected chi connectivity index (χ0v) is 12.3. The molecule has 1 aliphatic rings. The molecule has 0 N–H and O–H groups in total. The number of piperidine rings is 1. The van der Waals surface area contributed by atoms with Gasteiger partial charge in [0.1, 0.15) is 5.78 Å². The molecule has 4 heteroatoms. The Kier molecular flexibility index (Phi) is 4.90. The Morgan fingerprint density at radius 1 is 1.25 bits per heavy atom. The minimum absolute atomic E-state index is 0.119. The lowest BCUT2D eigenvalue weighted by Gasteiger charge is -2.28. The third-order valence-electron chi connectivity index (χ3n) is 3.78. The lowest BCUT2D eigenvalue weighted by molar-refractivity contribution is -0.135. The van der Waals surface area contributed by atoms with E-state index in [0.29, 0.717) is 32.5 Å². The number of Topliss-reactive ketones (excluding diaryl/α,β-unsaturated/α-hetero) is 1. The number of ketones is 1. The molecule has 0 unspecified atom stereocenters. The van der Waals surface area contributed by atoms with Crippen molar-refractivity contribution in [3.63, 3.8) is 0 Å². The summed E-state index contributed by atoms with van der Waals surface area (Å²) in [5, 5.41) is 0. The van der Waals surface area contributed by atoms with Gasteiger partial charge < -0.3 is 4.90 Å². The number of carbonyl (C=O) groups excluding carboxylic acids is 2. The molecule has 0 radical (unpaired) electrons. The highest BCUT2D eigenvalue weighted by molar-refractivity contribution is 5.84. The summed E-state index contributed by atoms with van der Waals surface area (Å²) in [7, 11) is 1.96. The summed E-state index contributed by atoms with van der Waals surface area (Å²) in [6, 6.07) is 8.22. The Morgan fingerprint density at radius 3 is 2.55 bits per heavy atom. The van der Waals surface area contributed by atoms with Crippen LogP contribution in [0.1, 0.15) is 24.0 Å². The van der Waals surface area contributed by atoms with Crippen molar-refractivity contribution in [3.8, 4) is 0 Å². The van der Waals surface area contributed by atoms with E-state index in [-0.39, 0.29) is 11.7 Å². The molecule has 1 saturated heterocycles. The number of benzene rings is 1. The number of rotatable bonds is 4. The molecule has 1 amide bonds. The van der Waals surface area contributed by atoms with E-state index in [4.69, 9.17) is 0 Å². The van der Waals surface area contributed by atoms with E-state index in [2.05, 4.69) is 19.1 Å². The fraction of sp³-hybridized carbons (Fsp3) is 0.500. The van der Waals surface area contributed by atoms with Gasteiger partial charge in [-0.3, -0.25) is 14.5 Å². The zero-order chi connectivity index (χ0) is 14.5. The number of hydrogen-bond acceptors (Lipinski definition) is 3. The molecule has 1 aliphatic heterocycles. The zero-order valence-electron chi connectivity index (χ0n) is 12.3. The van der Waals surface area contributed by atoms with Gasteiger partial charge in [-0.25, -0.2) is 0 Å². The van der Waals surface area contributed by atoms with E-state index in [1.54, 1.807) is 4.90 Å². The van der Waals surface area contributed by atoms with Crippen LogP contribution < -0.4 is 0 Å². The van der Waals surface area contributed by atoms with Crippen molar-refractivity contribution in [1.82, 2.24) is 9.80 Å². The van der Waals surface area contributed by atoms with Crippen molar-refractivity contribution >= 4 is 11.7 Å². The minimum Gasteiger partial charge on any atom is -0.341 e. The van der Waals surface area contributed by atoms with Crippen molar-refractivity contribution in [1.29, 1.82) is 0 Å². The first kappa shape index (κ1) is 14.7. The largest absolute Gasteiger partial charge is 0.341 e. The van der Waals surface area contributed by atoms with Crippen LogP contribution >= 0.6 is 0 Å². The van der Waals surface area contributed by atoms with Crippen molar-refractivity contribution in [2.24, 2.45) is 0 Å². The van der Waals surface area contributed by atoms with Gasteiger partial charge in [-0.1, -0.05) is 24.3 Å². The van der Waals surface area contributed by atoms with E-state index in [1.807, 2.05) is 24.1 Å². The number of hydrogen-bond donors (Lipinski definition) is 0. The predicted octanol–water partition coefficient (Wildman–Crippen LogP) is 1.62. The first-order valence-corrected chi connectivity index (χ1v) is 7.09. The molecule has 4 nitrogen and oxygen atoms in total. The van der Waals surface area contributed by atoms with Gasteiger partial charge in [0, 0.05) is 32.5 Å². The standard InChI is InChI=1S/C16H22N2O2/c1-13-5-3-4-6-14(13)11-17(2)12-16(20)18-9-7-15(19)8-10-18/h3-6H,7-12H2,1-2H3. The molecule has 1 fully saturated rings. The van der Waals surface area contributed by atoms with E-state index in [1.165, 1.54) is 11.1 Å². The molecule has 1 aromatic rings. The smallest absolute Gasteiger partial charge is 0.236 e. The Balaban J connectivity index is 1.85. The van der Waals surface area contributed by atoms with Crippen molar-refractivity contribution < 1.29 is 9.59 Å². The van der Waals surface area contributed by atoms with Gasteiger partial charge in [-0.15, -0.1) is 0 Å². The molecule has 1 heterocycles. The van der Waals surface area contributed by atoms with Crippen LogP contribution in [-0.2, 0) is 16.1 Å². The fourth-order valence-electron chi connectivity index (χ4n) is 2.47. The van der Waals surface area contributed by atoms with E-state index in [0.717, 1.165) is 6.54 Å². The topological polar surface area (TPSA) is 40.6 Å². The van der Waals surface area contributed by atoms with E-state index in [9.17, 15) is 9.59 Å². The highest BCUT2D eigenvalue weighted by Gasteiger charge is 2.21. The number of carbonyl (C=O) groups is 2. The molecule has 0 bridgehead atoms. The number of aryl methyl sites for hydroxylation is 1. The third kappa shape index (κ3) is 3.90. The maximum Gasteiger partial charge on any atom is 0.236 e. The van der Waals surface area contributed by atoms with Crippen LogP contribution in [0.15, 0.2) is 24.3 Å². The Labute approximate surface area is 120 Å². The average Bonchev–Trinajstić information content (AvgIpc) is 2.42. The number of nitrogens with zero attached hydrogens (tertiary/aromatic N) is 2. The van der Waals surface area contributed by atoms with Gasteiger partial charge in [0.25, 0.3) is 0 Å². The summed E-state index contributed by atoms with van der Waals surface area (Å²) in [5.41, 5.74) is 2.49. The molecule has 108 valence electrons. The van der Waals surface area contributed by atoms with Crippen LogP contribution in [-0.4, -0.2) is 48.2 Å². The summed E-state index contributed by atoms with van der Waals surface area (Å²) >= 11 is 0. The van der Waals surface area contributed by atoms with Crippen molar-refractivity contribution in [3.05, 3.63) is 35.4 Å². The normalized spacial score (nSPS) is 15.8. The third-order valence-corrected chi connectivity index (χ3v) is 3.78. The summed E-state index contributed by atoms with van der Waals surface area (Å²) in [4.78, 5) is 27.2. The monoisotopic (exact) mass is 274 g/mol. The van der Waals surface area contributed by atoms with Gasteiger partial charge in [-0.2, -0.15) is 0 Å². The van der Waals surface area contributed by atoms with Crippen LogP contribution in [0.4, 0.5) is 0 Å². The molecule has 0 atom stereocenters. The Hall–Kier alpha value is -1.68. The van der Waals surface area contributed by atoms with Crippen LogP contribution in [0.5, 0.6) is 0 Å². The van der Waals surface area contributed by atoms with Gasteiger partial charge in [-0.05, 0) is 25.1 Å². The van der Waals surface area contributed by atoms with Crippen LogP contribution in [0.2, 0.25) is 0 Å². The molecule has 2 rings (SSSR count). The van der Waals surface area contributed by atoms with Crippen LogP contribution in [0, 0.1) is 6.92 Å². The van der Waals surface area contributed by atoms with Crippen molar-refractivity contribution in [2.45, 2.75) is 26.3 Å². The Morgan fingerprint density at radius 2 is 1.90 bits per heavy atom. The van der Waals surface area contributed by atoms with Gasteiger partial charge in [0.15, 0.2) is 0 Å². The molecular formula is C16H22N2O2. The summed E-state index contributed by atoms with van der Waals surface area (Å²) in [6.07, 6.45) is 1.01. The minimum atomic E-state index is 0.119. The van der Waals surface area contributed by atoms with Gasteiger partial charge in [0.05, 0.1) is 6.54 Å². The molecule has 0 aromatic heterocycles. The second-order valence-electron chi connectivity index (χ2n) is 5.52.